The second kappa shape index (κ2) is 6.32. The second-order valence-electron chi connectivity index (χ2n) is 5.67. The molecular formula is C16H24N2O3. The summed E-state index contributed by atoms with van der Waals surface area (Å²) in [5.41, 5.74) is 7.25. The highest BCUT2D eigenvalue weighted by molar-refractivity contribution is 5.29. The van der Waals surface area contributed by atoms with Crippen molar-refractivity contribution in [3.63, 3.8) is 0 Å². The molecule has 2 aliphatic heterocycles. The van der Waals surface area contributed by atoms with Crippen LogP contribution in [0.5, 0.6) is 5.75 Å². The van der Waals surface area contributed by atoms with Crippen LogP contribution in [0.2, 0.25) is 0 Å². The number of methoxy groups -OCH3 is 1. The minimum atomic E-state index is -0.324. The molecule has 1 aromatic carbocycles. The Morgan fingerprint density at radius 2 is 1.81 bits per heavy atom. The summed E-state index contributed by atoms with van der Waals surface area (Å²) in [5, 5.41) is 0. The maximum absolute atomic E-state index is 6.02. The Bertz CT molecular complexity index is 447. The van der Waals surface area contributed by atoms with Gasteiger partial charge in [0.1, 0.15) is 5.75 Å². The van der Waals surface area contributed by atoms with Crippen molar-refractivity contribution in [2.24, 2.45) is 5.73 Å². The van der Waals surface area contributed by atoms with Crippen molar-refractivity contribution in [2.45, 2.75) is 24.7 Å². The topological polar surface area (TPSA) is 57.0 Å². The van der Waals surface area contributed by atoms with Gasteiger partial charge < -0.3 is 19.9 Å². The van der Waals surface area contributed by atoms with Crippen LogP contribution in [-0.4, -0.2) is 50.6 Å². The number of ether oxygens (including phenoxy) is 3. The van der Waals surface area contributed by atoms with Gasteiger partial charge in [0, 0.05) is 38.5 Å². The molecule has 2 saturated heterocycles. The smallest absolute Gasteiger partial charge is 0.170 e. The van der Waals surface area contributed by atoms with Crippen molar-refractivity contribution in [3.8, 4) is 5.75 Å². The lowest BCUT2D eigenvalue weighted by molar-refractivity contribution is -0.187. The van der Waals surface area contributed by atoms with Crippen molar-refractivity contribution in [1.29, 1.82) is 0 Å². The normalized spacial score (nSPS) is 23.3. The first-order valence-electron chi connectivity index (χ1n) is 7.62. The molecule has 1 unspecified atom stereocenters. The van der Waals surface area contributed by atoms with E-state index in [-0.39, 0.29) is 11.8 Å². The fourth-order valence-corrected chi connectivity index (χ4v) is 3.28. The molecule has 5 heteroatoms. The summed E-state index contributed by atoms with van der Waals surface area (Å²) < 4.78 is 16.8. The summed E-state index contributed by atoms with van der Waals surface area (Å²) in [4.78, 5) is 2.43. The highest BCUT2D eigenvalue weighted by Crippen LogP contribution is 2.34. The average Bonchev–Trinajstić information content (AvgIpc) is 2.99. The fraction of sp³-hybridized carbons (Fsp3) is 0.625. The molecule has 116 valence electrons. The lowest BCUT2D eigenvalue weighted by Crippen LogP contribution is -2.47. The molecule has 2 heterocycles. The van der Waals surface area contributed by atoms with Gasteiger partial charge in [0.25, 0.3) is 0 Å². The average molecular weight is 292 g/mol. The van der Waals surface area contributed by atoms with Crippen LogP contribution in [0.4, 0.5) is 0 Å². The van der Waals surface area contributed by atoms with Crippen LogP contribution in [0.1, 0.15) is 24.4 Å². The van der Waals surface area contributed by atoms with Crippen LogP contribution in [0.25, 0.3) is 0 Å². The molecule has 21 heavy (non-hydrogen) atoms. The van der Waals surface area contributed by atoms with Crippen molar-refractivity contribution in [1.82, 2.24) is 4.90 Å². The number of hydrogen-bond acceptors (Lipinski definition) is 5. The minimum Gasteiger partial charge on any atom is -0.497 e. The van der Waals surface area contributed by atoms with Gasteiger partial charge in [-0.2, -0.15) is 0 Å². The minimum absolute atomic E-state index is 0.245. The van der Waals surface area contributed by atoms with E-state index in [9.17, 15) is 0 Å². The van der Waals surface area contributed by atoms with Crippen LogP contribution in [0, 0.1) is 0 Å². The molecule has 2 aliphatic rings. The van der Waals surface area contributed by atoms with E-state index < -0.39 is 0 Å². The van der Waals surface area contributed by atoms with Gasteiger partial charge in [-0.1, -0.05) is 12.1 Å². The molecule has 0 bridgehead atoms. The highest BCUT2D eigenvalue weighted by atomic mass is 16.7. The first-order chi connectivity index (χ1) is 10.3. The quantitative estimate of drug-likeness (QED) is 0.912. The zero-order valence-corrected chi connectivity index (χ0v) is 12.6. The molecule has 2 fully saturated rings. The van der Waals surface area contributed by atoms with E-state index in [4.69, 9.17) is 19.9 Å². The van der Waals surface area contributed by atoms with E-state index in [2.05, 4.69) is 17.0 Å². The van der Waals surface area contributed by atoms with Crippen molar-refractivity contribution < 1.29 is 14.2 Å². The molecule has 1 atom stereocenters. The first-order valence-corrected chi connectivity index (χ1v) is 7.62. The first kappa shape index (κ1) is 14.8. The summed E-state index contributed by atoms with van der Waals surface area (Å²) in [5.74, 6) is 0.551. The Kier molecular flexibility index (Phi) is 4.45. The lowest BCUT2D eigenvalue weighted by atomic mass is 9.98. The predicted octanol–water partition coefficient (Wildman–Crippen LogP) is 1.53. The molecule has 5 nitrogen and oxygen atoms in total. The molecule has 1 spiro atoms. The van der Waals surface area contributed by atoms with Crippen LogP contribution < -0.4 is 10.5 Å². The Hall–Kier alpha value is -1.14. The molecule has 0 aromatic heterocycles. The highest BCUT2D eigenvalue weighted by Gasteiger charge is 2.41. The molecule has 0 aliphatic carbocycles. The van der Waals surface area contributed by atoms with E-state index >= 15 is 0 Å². The number of nitrogens with zero attached hydrogens (tertiary/aromatic N) is 1. The number of nitrogens with two attached hydrogens (primary N) is 1. The number of piperidine rings is 1. The van der Waals surface area contributed by atoms with Gasteiger partial charge >= 0.3 is 0 Å². The third kappa shape index (κ3) is 3.06. The monoisotopic (exact) mass is 292 g/mol. The Morgan fingerprint density at radius 3 is 2.33 bits per heavy atom. The Morgan fingerprint density at radius 1 is 1.19 bits per heavy atom. The van der Waals surface area contributed by atoms with Crippen LogP contribution in [0.3, 0.4) is 0 Å². The van der Waals surface area contributed by atoms with E-state index in [1.165, 1.54) is 5.56 Å². The van der Waals surface area contributed by atoms with E-state index in [1.54, 1.807) is 7.11 Å². The van der Waals surface area contributed by atoms with Gasteiger partial charge in [-0.25, -0.2) is 0 Å². The van der Waals surface area contributed by atoms with Gasteiger partial charge in [-0.3, -0.25) is 4.90 Å². The van der Waals surface area contributed by atoms with Crippen molar-refractivity contribution >= 4 is 0 Å². The lowest BCUT2D eigenvalue weighted by Gasteiger charge is -2.41. The molecule has 3 rings (SSSR count). The van der Waals surface area contributed by atoms with Crippen molar-refractivity contribution in [3.05, 3.63) is 29.8 Å². The number of benzene rings is 1. The summed E-state index contributed by atoms with van der Waals surface area (Å²) in [6, 6.07) is 8.43. The standard InChI is InChI=1S/C16H24N2O3/c1-19-14-4-2-13(3-5-14)15(12-17)18-8-6-16(7-9-18)20-10-11-21-16/h2-5,15H,6-12,17H2,1H3. The zero-order chi connectivity index (χ0) is 14.7. The van der Waals surface area contributed by atoms with E-state index in [0.717, 1.165) is 44.9 Å². The molecule has 0 saturated carbocycles. The van der Waals surface area contributed by atoms with Crippen LogP contribution in [-0.2, 0) is 9.47 Å². The SMILES string of the molecule is COc1ccc(C(CN)N2CCC3(CC2)OCCO3)cc1. The predicted molar refractivity (Wildman–Crippen MR) is 80.2 cm³/mol. The molecule has 0 radical (unpaired) electrons. The van der Waals surface area contributed by atoms with Gasteiger partial charge in [-0.05, 0) is 17.7 Å². The van der Waals surface area contributed by atoms with Gasteiger partial charge in [-0.15, -0.1) is 0 Å². The van der Waals surface area contributed by atoms with E-state index in [1.807, 2.05) is 12.1 Å². The summed E-state index contributed by atoms with van der Waals surface area (Å²) in [6.07, 6.45) is 1.83. The second-order valence-corrected chi connectivity index (χ2v) is 5.67. The van der Waals surface area contributed by atoms with Crippen LogP contribution in [0.15, 0.2) is 24.3 Å². The van der Waals surface area contributed by atoms with Crippen LogP contribution >= 0.6 is 0 Å². The summed E-state index contributed by atoms with van der Waals surface area (Å²) >= 11 is 0. The van der Waals surface area contributed by atoms with Gasteiger partial charge in [0.2, 0.25) is 0 Å². The third-order valence-corrected chi connectivity index (χ3v) is 4.54. The Balaban J connectivity index is 1.66. The third-order valence-electron chi connectivity index (χ3n) is 4.54. The van der Waals surface area contributed by atoms with Crippen molar-refractivity contribution in [2.75, 3.05) is 40.0 Å². The number of likely N-dealkylation sites (tertiary alicyclic amines) is 1. The summed E-state index contributed by atoms with van der Waals surface area (Å²) in [7, 11) is 1.68. The molecule has 0 amide bonds. The molecule has 1 aromatic rings. The largest absolute Gasteiger partial charge is 0.497 e. The van der Waals surface area contributed by atoms with Gasteiger partial charge in [0.15, 0.2) is 5.79 Å². The zero-order valence-electron chi connectivity index (χ0n) is 12.6. The molecular weight excluding hydrogens is 268 g/mol. The maximum atomic E-state index is 6.02. The maximum Gasteiger partial charge on any atom is 0.170 e. The summed E-state index contributed by atoms with van der Waals surface area (Å²) in [6.45, 7) is 3.96. The number of hydrogen-bond donors (Lipinski definition) is 1. The van der Waals surface area contributed by atoms with Gasteiger partial charge in [0.05, 0.1) is 20.3 Å². The van der Waals surface area contributed by atoms with E-state index in [0.29, 0.717) is 6.54 Å². The fourth-order valence-electron chi connectivity index (χ4n) is 3.28. The molecule has 2 N–H and O–H groups in total. The Labute approximate surface area is 126 Å². The number of rotatable bonds is 4.